The Morgan fingerprint density at radius 3 is 2.75 bits per heavy atom. The van der Waals surface area contributed by atoms with E-state index < -0.39 is 5.97 Å². The summed E-state index contributed by atoms with van der Waals surface area (Å²) in [4.78, 5) is 15.9. The summed E-state index contributed by atoms with van der Waals surface area (Å²) in [6.07, 6.45) is 3.09. The molecule has 0 radical (unpaired) electrons. The third-order valence-electron chi connectivity index (χ3n) is 2.77. The molecule has 1 atom stereocenters. The standard InChI is InChI=1S/C14H15BrN2O3/c1-10(19-2)8-20-14(18)13-7-17(9-16-13)12-5-3-11(15)4-6-12/h3-7,9-10H,8H2,1-2H3. The summed E-state index contributed by atoms with van der Waals surface area (Å²) in [5.41, 5.74) is 1.20. The summed E-state index contributed by atoms with van der Waals surface area (Å²) < 4.78 is 12.9. The zero-order chi connectivity index (χ0) is 14.5. The van der Waals surface area contributed by atoms with Crippen molar-refractivity contribution in [2.45, 2.75) is 13.0 Å². The van der Waals surface area contributed by atoms with Crippen LogP contribution in [0, 0.1) is 0 Å². The Morgan fingerprint density at radius 2 is 2.10 bits per heavy atom. The third kappa shape index (κ3) is 3.68. The van der Waals surface area contributed by atoms with Crippen LogP contribution in [-0.4, -0.2) is 35.3 Å². The highest BCUT2D eigenvalue weighted by molar-refractivity contribution is 9.10. The smallest absolute Gasteiger partial charge is 0.358 e. The average Bonchev–Trinajstić information content (AvgIpc) is 2.95. The molecule has 1 aromatic heterocycles. The summed E-state index contributed by atoms with van der Waals surface area (Å²) in [5.74, 6) is -0.454. The highest BCUT2D eigenvalue weighted by atomic mass is 79.9. The van der Waals surface area contributed by atoms with Gasteiger partial charge in [-0.15, -0.1) is 0 Å². The molecule has 106 valence electrons. The van der Waals surface area contributed by atoms with Crippen molar-refractivity contribution in [1.29, 1.82) is 0 Å². The van der Waals surface area contributed by atoms with Crippen LogP contribution in [0.1, 0.15) is 17.4 Å². The van der Waals surface area contributed by atoms with Gasteiger partial charge in [-0.3, -0.25) is 0 Å². The Balaban J connectivity index is 2.05. The number of imidazole rings is 1. The lowest BCUT2D eigenvalue weighted by molar-refractivity contribution is 0.0164. The minimum Gasteiger partial charge on any atom is -0.458 e. The van der Waals surface area contributed by atoms with E-state index in [1.807, 2.05) is 31.2 Å². The monoisotopic (exact) mass is 338 g/mol. The van der Waals surface area contributed by atoms with Crippen molar-refractivity contribution >= 4 is 21.9 Å². The fourth-order valence-corrected chi connectivity index (χ4v) is 1.78. The van der Waals surface area contributed by atoms with Gasteiger partial charge in [-0.1, -0.05) is 15.9 Å². The second-order valence-electron chi connectivity index (χ2n) is 4.29. The summed E-state index contributed by atoms with van der Waals surface area (Å²) >= 11 is 3.38. The average molecular weight is 339 g/mol. The molecule has 0 aliphatic rings. The zero-order valence-corrected chi connectivity index (χ0v) is 12.8. The second-order valence-corrected chi connectivity index (χ2v) is 5.20. The van der Waals surface area contributed by atoms with Gasteiger partial charge in [0.25, 0.3) is 0 Å². The fraction of sp³-hybridized carbons (Fsp3) is 0.286. The van der Waals surface area contributed by atoms with Crippen molar-refractivity contribution in [1.82, 2.24) is 9.55 Å². The minimum atomic E-state index is -0.454. The molecule has 0 saturated carbocycles. The predicted molar refractivity (Wildman–Crippen MR) is 78.0 cm³/mol. The molecule has 0 saturated heterocycles. The summed E-state index contributed by atoms with van der Waals surface area (Å²) in [5, 5.41) is 0. The largest absolute Gasteiger partial charge is 0.458 e. The van der Waals surface area contributed by atoms with Gasteiger partial charge in [-0.2, -0.15) is 0 Å². The number of aromatic nitrogens is 2. The third-order valence-corrected chi connectivity index (χ3v) is 3.30. The molecule has 0 aliphatic carbocycles. The molecule has 0 bridgehead atoms. The van der Waals surface area contributed by atoms with Gasteiger partial charge >= 0.3 is 5.97 Å². The number of rotatable bonds is 5. The summed E-state index contributed by atoms with van der Waals surface area (Å²) in [6.45, 7) is 2.04. The molecule has 0 N–H and O–H groups in total. The maximum Gasteiger partial charge on any atom is 0.358 e. The fourth-order valence-electron chi connectivity index (χ4n) is 1.52. The van der Waals surface area contributed by atoms with Crippen LogP contribution < -0.4 is 0 Å². The van der Waals surface area contributed by atoms with Crippen LogP contribution in [0.15, 0.2) is 41.3 Å². The number of benzene rings is 1. The highest BCUT2D eigenvalue weighted by Crippen LogP contribution is 2.14. The molecule has 2 aromatic rings. The van der Waals surface area contributed by atoms with E-state index in [1.54, 1.807) is 24.2 Å². The Kier molecular flexibility index (Phi) is 4.92. The lowest BCUT2D eigenvalue weighted by Gasteiger charge is -2.08. The van der Waals surface area contributed by atoms with Gasteiger partial charge in [0.1, 0.15) is 12.9 Å². The van der Waals surface area contributed by atoms with Gasteiger partial charge in [0, 0.05) is 23.5 Å². The first-order valence-corrected chi connectivity index (χ1v) is 6.89. The lowest BCUT2D eigenvalue weighted by atomic mass is 10.3. The molecule has 0 amide bonds. The van der Waals surface area contributed by atoms with Gasteiger partial charge in [-0.05, 0) is 31.2 Å². The van der Waals surface area contributed by atoms with E-state index in [4.69, 9.17) is 9.47 Å². The van der Waals surface area contributed by atoms with Gasteiger partial charge in [0.05, 0.1) is 6.10 Å². The Hall–Kier alpha value is -1.66. The van der Waals surface area contributed by atoms with Gasteiger partial charge in [0.2, 0.25) is 0 Å². The normalized spacial score (nSPS) is 12.2. The molecular formula is C14H15BrN2O3. The van der Waals surface area contributed by atoms with Gasteiger partial charge < -0.3 is 14.0 Å². The number of hydrogen-bond donors (Lipinski definition) is 0. The summed E-state index contributed by atoms with van der Waals surface area (Å²) in [6, 6.07) is 7.70. The highest BCUT2D eigenvalue weighted by Gasteiger charge is 2.13. The van der Waals surface area contributed by atoms with E-state index in [1.165, 1.54) is 0 Å². The SMILES string of the molecule is COC(C)COC(=O)c1cn(-c2ccc(Br)cc2)cn1. The van der Waals surface area contributed by atoms with Crippen LogP contribution in [-0.2, 0) is 9.47 Å². The minimum absolute atomic E-state index is 0.132. The number of carbonyl (C=O) groups is 1. The number of carbonyl (C=O) groups excluding carboxylic acids is 1. The predicted octanol–water partition coefficient (Wildman–Crippen LogP) is 2.83. The maximum absolute atomic E-state index is 11.8. The van der Waals surface area contributed by atoms with Crippen LogP contribution >= 0.6 is 15.9 Å². The van der Waals surface area contributed by atoms with Crippen molar-refractivity contribution in [3.05, 3.63) is 47.0 Å². The van der Waals surface area contributed by atoms with Crippen molar-refractivity contribution in [2.24, 2.45) is 0 Å². The van der Waals surface area contributed by atoms with E-state index in [2.05, 4.69) is 20.9 Å². The first-order valence-electron chi connectivity index (χ1n) is 6.10. The van der Waals surface area contributed by atoms with Crippen LogP contribution in [0.3, 0.4) is 0 Å². The number of nitrogens with zero attached hydrogens (tertiary/aromatic N) is 2. The molecule has 6 heteroatoms. The van der Waals surface area contributed by atoms with Crippen molar-refractivity contribution in [2.75, 3.05) is 13.7 Å². The number of hydrogen-bond acceptors (Lipinski definition) is 4. The Labute approximate surface area is 125 Å². The zero-order valence-electron chi connectivity index (χ0n) is 11.2. The van der Waals surface area contributed by atoms with E-state index in [9.17, 15) is 4.79 Å². The number of ether oxygens (including phenoxy) is 2. The first-order chi connectivity index (χ1) is 9.60. The van der Waals surface area contributed by atoms with Crippen molar-refractivity contribution in [3.8, 4) is 5.69 Å². The maximum atomic E-state index is 11.8. The van der Waals surface area contributed by atoms with Crippen LogP contribution in [0.25, 0.3) is 5.69 Å². The molecule has 0 aliphatic heterocycles. The second kappa shape index (κ2) is 6.67. The molecule has 1 aromatic carbocycles. The molecule has 5 nitrogen and oxygen atoms in total. The Bertz CT molecular complexity index is 580. The van der Waals surface area contributed by atoms with E-state index in [0.717, 1.165) is 10.2 Å². The number of halogens is 1. The molecule has 2 rings (SSSR count). The molecule has 0 fully saturated rings. The van der Waals surface area contributed by atoms with Crippen LogP contribution in [0.5, 0.6) is 0 Å². The first kappa shape index (κ1) is 14.7. The summed E-state index contributed by atoms with van der Waals surface area (Å²) in [7, 11) is 1.57. The Morgan fingerprint density at radius 1 is 1.40 bits per heavy atom. The van der Waals surface area contributed by atoms with Crippen LogP contribution in [0.2, 0.25) is 0 Å². The molecule has 20 heavy (non-hydrogen) atoms. The number of esters is 1. The van der Waals surface area contributed by atoms with Crippen molar-refractivity contribution in [3.63, 3.8) is 0 Å². The molecule has 0 spiro atoms. The van der Waals surface area contributed by atoms with E-state index in [0.29, 0.717) is 0 Å². The van der Waals surface area contributed by atoms with Gasteiger partial charge in [-0.25, -0.2) is 9.78 Å². The van der Waals surface area contributed by atoms with E-state index in [-0.39, 0.29) is 18.4 Å². The quantitative estimate of drug-likeness (QED) is 0.786. The molecule has 1 unspecified atom stereocenters. The number of methoxy groups -OCH3 is 1. The topological polar surface area (TPSA) is 53.4 Å². The van der Waals surface area contributed by atoms with Crippen molar-refractivity contribution < 1.29 is 14.3 Å². The van der Waals surface area contributed by atoms with Gasteiger partial charge in [0.15, 0.2) is 5.69 Å². The lowest BCUT2D eigenvalue weighted by Crippen LogP contribution is -2.17. The van der Waals surface area contributed by atoms with Crippen LogP contribution in [0.4, 0.5) is 0 Å². The molecular weight excluding hydrogens is 324 g/mol. The molecule has 1 heterocycles. The van der Waals surface area contributed by atoms with E-state index >= 15 is 0 Å².